The maximum Gasteiger partial charge on any atom is 0.258 e. The number of benzene rings is 3. The number of hydrogen-bond donors (Lipinski definition) is 0. The Hall–Kier alpha value is -3.55. The predicted octanol–water partition coefficient (Wildman–Crippen LogP) is 5.13. The van der Waals surface area contributed by atoms with E-state index in [0.717, 1.165) is 16.7 Å². The molecule has 8 heteroatoms. The number of ether oxygens (including phenoxy) is 3. The van der Waals surface area contributed by atoms with Gasteiger partial charge in [-0.05, 0) is 47.9 Å². The molecule has 0 aromatic heterocycles. The van der Waals surface area contributed by atoms with Gasteiger partial charge >= 0.3 is 0 Å². The number of carbonyl (C=O) groups excluding carboxylic acids is 1. The zero-order valence-corrected chi connectivity index (χ0v) is 21.0. The van der Waals surface area contributed by atoms with Crippen molar-refractivity contribution in [3.63, 3.8) is 0 Å². The van der Waals surface area contributed by atoms with Gasteiger partial charge in [-0.15, -0.1) is 0 Å². The third kappa shape index (κ3) is 5.26. The summed E-state index contributed by atoms with van der Waals surface area (Å²) >= 11 is 6.05. The lowest BCUT2D eigenvalue weighted by atomic mass is 10.1. The molecule has 35 heavy (non-hydrogen) atoms. The van der Waals surface area contributed by atoms with E-state index >= 15 is 0 Å². The summed E-state index contributed by atoms with van der Waals surface area (Å²) in [5.74, 6) is 1.41. The van der Waals surface area contributed by atoms with Crippen LogP contribution in [-0.2, 0) is 11.3 Å². The van der Waals surface area contributed by atoms with Crippen molar-refractivity contribution in [1.29, 1.82) is 0 Å². The largest absolute Gasteiger partial charge is 0.493 e. The lowest BCUT2D eigenvalue weighted by Gasteiger charge is -2.29. The second-order valence-corrected chi connectivity index (χ2v) is 8.59. The number of carbonyl (C=O) groups is 1. The summed E-state index contributed by atoms with van der Waals surface area (Å²) in [6.45, 7) is 2.66. The summed E-state index contributed by atoms with van der Waals surface area (Å²) in [7, 11) is 4.71. The van der Waals surface area contributed by atoms with E-state index in [1.807, 2.05) is 61.5 Å². The van der Waals surface area contributed by atoms with E-state index in [1.54, 1.807) is 33.5 Å². The number of amides is 1. The summed E-state index contributed by atoms with van der Waals surface area (Å²) in [4.78, 5) is 15.4. The van der Waals surface area contributed by atoms with Crippen LogP contribution in [0.15, 0.2) is 71.8 Å². The summed E-state index contributed by atoms with van der Waals surface area (Å²) < 4.78 is 16.7. The van der Waals surface area contributed by atoms with Crippen molar-refractivity contribution in [3.8, 4) is 17.2 Å². The minimum Gasteiger partial charge on any atom is -0.493 e. The van der Waals surface area contributed by atoms with Gasteiger partial charge in [0.25, 0.3) is 5.91 Å². The molecule has 0 aliphatic carbocycles. The minimum atomic E-state index is -0.473. The van der Waals surface area contributed by atoms with Crippen molar-refractivity contribution < 1.29 is 19.0 Å². The Labute approximate surface area is 210 Å². The molecule has 0 bridgehead atoms. The van der Waals surface area contributed by atoms with Crippen LogP contribution in [-0.4, -0.2) is 49.4 Å². The van der Waals surface area contributed by atoms with Crippen LogP contribution in [0.2, 0.25) is 5.02 Å². The SMILES string of the molecule is COc1cc([C@@H]2N(Cc3ccccc3)CC(=O)N2/N=C(/C)c2ccc(Cl)cc2)cc(OC)c1OC. The van der Waals surface area contributed by atoms with E-state index in [2.05, 4.69) is 4.90 Å². The van der Waals surface area contributed by atoms with E-state index < -0.39 is 6.17 Å². The lowest BCUT2D eigenvalue weighted by molar-refractivity contribution is -0.128. The van der Waals surface area contributed by atoms with Gasteiger partial charge < -0.3 is 14.2 Å². The fraction of sp³-hybridized carbons (Fsp3) is 0.259. The summed E-state index contributed by atoms with van der Waals surface area (Å²) in [5, 5.41) is 6.94. The van der Waals surface area contributed by atoms with Crippen molar-refractivity contribution in [2.24, 2.45) is 5.10 Å². The van der Waals surface area contributed by atoms with Gasteiger partial charge in [0, 0.05) is 11.6 Å². The van der Waals surface area contributed by atoms with Crippen LogP contribution in [0.3, 0.4) is 0 Å². The van der Waals surface area contributed by atoms with Gasteiger partial charge in [0.2, 0.25) is 5.75 Å². The molecule has 0 N–H and O–H groups in total. The molecule has 0 radical (unpaired) electrons. The van der Waals surface area contributed by atoms with Gasteiger partial charge in [0.15, 0.2) is 11.5 Å². The molecule has 0 saturated carbocycles. The second kappa shape index (κ2) is 10.8. The molecule has 1 saturated heterocycles. The third-order valence-electron chi connectivity index (χ3n) is 5.90. The van der Waals surface area contributed by atoms with Crippen LogP contribution in [0.1, 0.15) is 29.8 Å². The van der Waals surface area contributed by atoms with Crippen molar-refractivity contribution in [1.82, 2.24) is 9.91 Å². The molecule has 1 atom stereocenters. The molecule has 1 aliphatic rings. The number of nitrogens with zero attached hydrogens (tertiary/aromatic N) is 3. The number of hydrazone groups is 1. The van der Waals surface area contributed by atoms with Gasteiger partial charge in [-0.3, -0.25) is 9.69 Å². The maximum absolute atomic E-state index is 13.3. The zero-order valence-electron chi connectivity index (χ0n) is 20.2. The zero-order chi connectivity index (χ0) is 24.9. The Morgan fingerprint density at radius 1 is 0.971 bits per heavy atom. The Morgan fingerprint density at radius 3 is 2.17 bits per heavy atom. The highest BCUT2D eigenvalue weighted by Crippen LogP contribution is 2.43. The first kappa shape index (κ1) is 24.6. The predicted molar refractivity (Wildman–Crippen MR) is 136 cm³/mol. The van der Waals surface area contributed by atoms with Gasteiger partial charge in [-0.2, -0.15) is 5.10 Å². The van der Waals surface area contributed by atoms with Crippen LogP contribution in [0, 0.1) is 0 Å². The molecule has 0 unspecified atom stereocenters. The number of rotatable bonds is 8. The number of halogens is 1. The summed E-state index contributed by atoms with van der Waals surface area (Å²) in [6, 6.07) is 21.1. The number of methoxy groups -OCH3 is 3. The van der Waals surface area contributed by atoms with Crippen LogP contribution >= 0.6 is 11.6 Å². The lowest BCUT2D eigenvalue weighted by Crippen LogP contribution is -2.29. The van der Waals surface area contributed by atoms with Crippen molar-refractivity contribution in [2.45, 2.75) is 19.6 Å². The highest BCUT2D eigenvalue weighted by atomic mass is 35.5. The molecule has 1 aliphatic heterocycles. The van der Waals surface area contributed by atoms with Gasteiger partial charge in [0.05, 0.1) is 33.6 Å². The van der Waals surface area contributed by atoms with E-state index in [4.69, 9.17) is 30.9 Å². The monoisotopic (exact) mass is 493 g/mol. The fourth-order valence-electron chi connectivity index (χ4n) is 4.21. The van der Waals surface area contributed by atoms with Crippen LogP contribution in [0.5, 0.6) is 17.2 Å². The molecule has 3 aromatic rings. The van der Waals surface area contributed by atoms with Crippen molar-refractivity contribution >= 4 is 23.2 Å². The van der Waals surface area contributed by atoms with E-state index in [0.29, 0.717) is 34.5 Å². The smallest absolute Gasteiger partial charge is 0.258 e. The van der Waals surface area contributed by atoms with E-state index in [-0.39, 0.29) is 12.5 Å². The average molecular weight is 494 g/mol. The van der Waals surface area contributed by atoms with Crippen LogP contribution in [0.25, 0.3) is 0 Å². The molecule has 3 aromatic carbocycles. The molecular formula is C27H28ClN3O4. The Bertz CT molecular complexity index is 1190. The molecule has 1 amide bonds. The van der Waals surface area contributed by atoms with Crippen molar-refractivity contribution in [2.75, 3.05) is 27.9 Å². The standard InChI is InChI=1S/C27H28ClN3O4/c1-18(20-10-12-22(28)13-11-20)29-31-25(32)17-30(16-19-8-6-5-7-9-19)27(31)21-14-23(33-2)26(35-4)24(15-21)34-3/h5-15,27H,16-17H2,1-4H3/b29-18-/t27-/m1/s1. The third-order valence-corrected chi connectivity index (χ3v) is 6.16. The first-order valence-electron chi connectivity index (χ1n) is 11.2. The Kier molecular flexibility index (Phi) is 7.58. The molecule has 0 spiro atoms. The quantitative estimate of drug-likeness (QED) is 0.407. The number of hydrogen-bond acceptors (Lipinski definition) is 6. The van der Waals surface area contributed by atoms with Gasteiger partial charge in [-0.1, -0.05) is 54.1 Å². The Morgan fingerprint density at radius 2 is 1.60 bits per heavy atom. The molecule has 1 fully saturated rings. The average Bonchev–Trinajstić information content (AvgIpc) is 3.17. The second-order valence-electron chi connectivity index (χ2n) is 8.15. The first-order valence-corrected chi connectivity index (χ1v) is 11.5. The van der Waals surface area contributed by atoms with Crippen LogP contribution < -0.4 is 14.2 Å². The van der Waals surface area contributed by atoms with Gasteiger partial charge in [-0.25, -0.2) is 5.01 Å². The minimum absolute atomic E-state index is 0.104. The van der Waals surface area contributed by atoms with Crippen LogP contribution in [0.4, 0.5) is 0 Å². The summed E-state index contributed by atoms with van der Waals surface area (Å²) in [5.41, 5.74) is 3.48. The topological polar surface area (TPSA) is 63.6 Å². The molecule has 4 rings (SSSR count). The van der Waals surface area contributed by atoms with E-state index in [1.165, 1.54) is 5.01 Å². The van der Waals surface area contributed by atoms with Gasteiger partial charge in [0.1, 0.15) is 6.17 Å². The highest BCUT2D eigenvalue weighted by Gasteiger charge is 2.40. The fourth-order valence-corrected chi connectivity index (χ4v) is 4.33. The summed E-state index contributed by atoms with van der Waals surface area (Å²) in [6.07, 6.45) is -0.473. The maximum atomic E-state index is 13.3. The molecular weight excluding hydrogens is 466 g/mol. The first-order chi connectivity index (χ1) is 16.9. The molecule has 182 valence electrons. The highest BCUT2D eigenvalue weighted by molar-refractivity contribution is 6.30. The molecule has 1 heterocycles. The van der Waals surface area contributed by atoms with E-state index in [9.17, 15) is 4.79 Å². The normalized spacial score (nSPS) is 16.5. The van der Waals surface area contributed by atoms with Crippen molar-refractivity contribution in [3.05, 3.63) is 88.4 Å². The Balaban J connectivity index is 1.80. The molecule has 7 nitrogen and oxygen atoms in total.